The summed E-state index contributed by atoms with van der Waals surface area (Å²) >= 11 is 9.57. The minimum atomic E-state index is -4.09. The maximum atomic E-state index is 10.1. The molecule has 56 valence electrons. The Hall–Kier alpha value is 0.450. The second-order valence-corrected chi connectivity index (χ2v) is 3.24. The largest absolute Gasteiger partial charge is 0.417 e. The van der Waals surface area contributed by atoms with Gasteiger partial charge in [0, 0.05) is 0 Å². The van der Waals surface area contributed by atoms with Crippen LogP contribution in [0.5, 0.6) is 0 Å². The Kier molecular flexibility index (Phi) is 3.76. The standard InChI is InChI=1S/C2H4Cl2O4S/c1-2(3)7-9(5,6)8-4/h2H,1H3. The average molecular weight is 195 g/mol. The predicted molar refractivity (Wildman–Crippen MR) is 32.3 cm³/mol. The molecule has 0 heterocycles. The average Bonchev–Trinajstić information content (AvgIpc) is 1.63. The van der Waals surface area contributed by atoms with E-state index in [2.05, 4.69) is 19.8 Å². The van der Waals surface area contributed by atoms with Gasteiger partial charge >= 0.3 is 10.4 Å². The molecule has 9 heavy (non-hydrogen) atoms. The summed E-state index contributed by atoms with van der Waals surface area (Å²) in [7, 11) is -4.09. The lowest BCUT2D eigenvalue weighted by Gasteiger charge is -2.00. The van der Waals surface area contributed by atoms with Crippen molar-refractivity contribution in [3.05, 3.63) is 0 Å². The molecule has 1 atom stereocenters. The van der Waals surface area contributed by atoms with E-state index in [4.69, 9.17) is 11.6 Å². The van der Waals surface area contributed by atoms with Gasteiger partial charge in [-0.05, 0) is 6.92 Å². The lowest BCUT2D eigenvalue weighted by atomic mass is 10.9. The molecule has 0 bridgehead atoms. The van der Waals surface area contributed by atoms with Gasteiger partial charge in [-0.2, -0.15) is 8.42 Å². The van der Waals surface area contributed by atoms with Gasteiger partial charge in [0.25, 0.3) is 0 Å². The minimum absolute atomic E-state index is 0.978. The quantitative estimate of drug-likeness (QED) is 0.630. The van der Waals surface area contributed by atoms with Crippen molar-refractivity contribution in [1.29, 1.82) is 0 Å². The van der Waals surface area contributed by atoms with Crippen molar-refractivity contribution in [2.45, 2.75) is 12.5 Å². The first kappa shape index (κ1) is 9.45. The van der Waals surface area contributed by atoms with Crippen LogP contribution >= 0.6 is 23.5 Å². The van der Waals surface area contributed by atoms with E-state index in [-0.39, 0.29) is 0 Å². The van der Waals surface area contributed by atoms with Crippen LogP contribution in [0.3, 0.4) is 0 Å². The molecule has 0 aliphatic rings. The molecule has 0 aliphatic carbocycles. The molecule has 0 saturated heterocycles. The Bertz CT molecular complexity index is 161. The van der Waals surface area contributed by atoms with E-state index < -0.39 is 16.0 Å². The third-order valence-electron chi connectivity index (χ3n) is 0.328. The molecule has 0 fully saturated rings. The molecular formula is C2H4Cl2O4S. The third-order valence-corrected chi connectivity index (χ3v) is 1.66. The van der Waals surface area contributed by atoms with Crippen molar-refractivity contribution in [3.63, 3.8) is 0 Å². The number of halogens is 2. The molecule has 0 aliphatic heterocycles. The topological polar surface area (TPSA) is 52.6 Å². The Morgan fingerprint density at radius 1 is 1.56 bits per heavy atom. The third kappa shape index (κ3) is 4.92. The van der Waals surface area contributed by atoms with Crippen LogP contribution < -0.4 is 0 Å². The van der Waals surface area contributed by atoms with E-state index in [0.717, 1.165) is 0 Å². The summed E-state index contributed by atoms with van der Waals surface area (Å²) in [6, 6.07) is 0. The van der Waals surface area contributed by atoms with Crippen LogP contribution in [0.2, 0.25) is 0 Å². The molecule has 1 unspecified atom stereocenters. The van der Waals surface area contributed by atoms with Gasteiger partial charge in [-0.15, -0.1) is 3.74 Å². The van der Waals surface area contributed by atoms with Crippen LogP contribution in [-0.2, 0) is 18.3 Å². The maximum absolute atomic E-state index is 10.1. The Labute approximate surface area is 63.2 Å². The molecule has 0 aromatic carbocycles. The molecule has 0 saturated carbocycles. The van der Waals surface area contributed by atoms with Gasteiger partial charge < -0.3 is 0 Å². The SMILES string of the molecule is CC(Cl)OS(=O)(=O)OCl. The molecule has 0 spiro atoms. The highest BCUT2D eigenvalue weighted by atomic mass is 35.5. The van der Waals surface area contributed by atoms with Gasteiger partial charge in [-0.3, -0.25) is 0 Å². The van der Waals surface area contributed by atoms with Crippen LogP contribution in [0.15, 0.2) is 0 Å². The van der Waals surface area contributed by atoms with Crippen molar-refractivity contribution in [2.24, 2.45) is 0 Å². The van der Waals surface area contributed by atoms with E-state index in [1.165, 1.54) is 6.92 Å². The monoisotopic (exact) mass is 194 g/mol. The molecular weight excluding hydrogens is 191 g/mol. The van der Waals surface area contributed by atoms with Gasteiger partial charge in [0.05, 0.1) is 11.9 Å². The predicted octanol–water partition coefficient (Wildman–Crippen LogP) is 1.00. The summed E-state index contributed by atoms with van der Waals surface area (Å²) in [5, 5.41) is 0. The summed E-state index contributed by atoms with van der Waals surface area (Å²) in [5.41, 5.74) is -0.978. The zero-order valence-electron chi connectivity index (χ0n) is 4.37. The van der Waals surface area contributed by atoms with Gasteiger partial charge in [-0.25, -0.2) is 4.18 Å². The first-order valence-electron chi connectivity index (χ1n) is 1.85. The van der Waals surface area contributed by atoms with E-state index in [0.29, 0.717) is 0 Å². The molecule has 7 heteroatoms. The Morgan fingerprint density at radius 3 is 2.11 bits per heavy atom. The second kappa shape index (κ2) is 3.58. The fraction of sp³-hybridized carbons (Fsp3) is 1.00. The maximum Gasteiger partial charge on any atom is 0.417 e. The van der Waals surface area contributed by atoms with Crippen LogP contribution in [0.1, 0.15) is 6.92 Å². The number of rotatable bonds is 3. The zero-order valence-corrected chi connectivity index (χ0v) is 6.70. The summed E-state index contributed by atoms with van der Waals surface area (Å²) < 4.78 is 27.7. The molecule has 0 radical (unpaired) electrons. The summed E-state index contributed by atoms with van der Waals surface area (Å²) in [5.74, 6) is 0. The van der Waals surface area contributed by atoms with E-state index in [9.17, 15) is 8.42 Å². The summed E-state index contributed by atoms with van der Waals surface area (Å²) in [6.45, 7) is 1.31. The van der Waals surface area contributed by atoms with Crippen molar-refractivity contribution in [2.75, 3.05) is 0 Å². The molecule has 4 nitrogen and oxygen atoms in total. The summed E-state index contributed by atoms with van der Waals surface area (Å²) in [4.78, 5) is 0. The van der Waals surface area contributed by atoms with Crippen LogP contribution in [0.4, 0.5) is 0 Å². The van der Waals surface area contributed by atoms with E-state index >= 15 is 0 Å². The normalized spacial score (nSPS) is 15.4. The first-order valence-corrected chi connectivity index (χ1v) is 3.93. The van der Waals surface area contributed by atoms with Crippen LogP contribution in [0, 0.1) is 0 Å². The fourth-order valence-corrected chi connectivity index (χ4v) is 0.888. The number of hydrogen-bond donors (Lipinski definition) is 0. The smallest absolute Gasteiger partial charge is 0.228 e. The lowest BCUT2D eigenvalue weighted by Crippen LogP contribution is -2.09. The molecule has 0 N–H and O–H groups in total. The highest BCUT2D eigenvalue weighted by Crippen LogP contribution is 2.05. The van der Waals surface area contributed by atoms with Crippen LogP contribution in [0.25, 0.3) is 0 Å². The first-order chi connectivity index (χ1) is 3.98. The van der Waals surface area contributed by atoms with Crippen molar-refractivity contribution in [3.8, 4) is 0 Å². The molecule has 0 aromatic heterocycles. The highest BCUT2D eigenvalue weighted by Gasteiger charge is 2.13. The van der Waals surface area contributed by atoms with Gasteiger partial charge in [-0.1, -0.05) is 11.6 Å². The lowest BCUT2D eigenvalue weighted by molar-refractivity contribution is 0.266. The van der Waals surface area contributed by atoms with E-state index in [1.807, 2.05) is 0 Å². The Morgan fingerprint density at radius 2 is 2.00 bits per heavy atom. The van der Waals surface area contributed by atoms with Crippen molar-refractivity contribution in [1.82, 2.24) is 0 Å². The van der Waals surface area contributed by atoms with Crippen molar-refractivity contribution >= 4 is 33.9 Å². The van der Waals surface area contributed by atoms with Gasteiger partial charge in [0.15, 0.2) is 0 Å². The molecule has 0 amide bonds. The molecule has 0 aromatic rings. The minimum Gasteiger partial charge on any atom is -0.228 e. The van der Waals surface area contributed by atoms with Gasteiger partial charge in [0.2, 0.25) is 0 Å². The highest BCUT2D eigenvalue weighted by molar-refractivity contribution is 7.82. The van der Waals surface area contributed by atoms with Gasteiger partial charge in [0.1, 0.15) is 5.56 Å². The zero-order chi connectivity index (χ0) is 7.49. The van der Waals surface area contributed by atoms with Crippen LogP contribution in [-0.4, -0.2) is 14.0 Å². The fourth-order valence-electron chi connectivity index (χ4n) is 0.177. The second-order valence-electron chi connectivity index (χ2n) is 1.11. The van der Waals surface area contributed by atoms with E-state index in [1.54, 1.807) is 0 Å². The molecule has 0 rings (SSSR count). The number of alkyl halides is 1. The Balaban J connectivity index is 3.90. The van der Waals surface area contributed by atoms with Crippen molar-refractivity contribution < 1.29 is 16.3 Å². The number of hydrogen-bond acceptors (Lipinski definition) is 4. The summed E-state index contributed by atoms with van der Waals surface area (Å²) in [6.07, 6.45) is 0.